The van der Waals surface area contributed by atoms with Crippen LogP contribution in [0.3, 0.4) is 0 Å². The summed E-state index contributed by atoms with van der Waals surface area (Å²) in [6.45, 7) is 0.727. The first kappa shape index (κ1) is 8.89. The Morgan fingerprint density at radius 3 is 3.00 bits per heavy atom. The van der Waals surface area contributed by atoms with Crippen molar-refractivity contribution in [2.24, 2.45) is 0 Å². The fraction of sp³-hybridized carbons (Fsp3) is 0.375. The first-order valence-corrected chi connectivity index (χ1v) is 4.30. The Labute approximate surface area is 81.4 Å². The maximum Gasteiger partial charge on any atom is 0.182 e. The van der Waals surface area contributed by atoms with Crippen molar-refractivity contribution in [2.45, 2.75) is 0 Å². The number of nitrogens with one attached hydrogen (secondary N) is 2. The van der Waals surface area contributed by atoms with Crippen molar-refractivity contribution in [3.8, 4) is 0 Å². The van der Waals surface area contributed by atoms with Gasteiger partial charge in [0.15, 0.2) is 11.5 Å². The van der Waals surface area contributed by atoms with Gasteiger partial charge in [-0.15, -0.1) is 0 Å². The predicted molar refractivity (Wildman–Crippen MR) is 53.9 cm³/mol. The minimum absolute atomic E-state index is 0.682. The third-order valence-electron chi connectivity index (χ3n) is 1.79. The third kappa shape index (κ3) is 1.64. The molecule has 0 unspecified atom stereocenters. The first-order chi connectivity index (χ1) is 6.77. The van der Waals surface area contributed by atoms with Crippen LogP contribution in [0.1, 0.15) is 0 Å². The van der Waals surface area contributed by atoms with Crippen LogP contribution in [0.25, 0.3) is 11.2 Å². The molecular formula is C8H12N6. The Balaban J connectivity index is 2.27. The zero-order valence-electron chi connectivity index (χ0n) is 8.15. The molecule has 6 heteroatoms. The Morgan fingerprint density at radius 1 is 1.36 bits per heavy atom. The molecule has 2 N–H and O–H groups in total. The van der Waals surface area contributed by atoms with Gasteiger partial charge in [-0.05, 0) is 14.1 Å². The van der Waals surface area contributed by atoms with E-state index in [1.165, 1.54) is 6.33 Å². The number of fused-ring (bicyclic) bond motifs is 1. The Bertz CT molecular complexity index is 420. The van der Waals surface area contributed by atoms with E-state index in [1.807, 2.05) is 19.0 Å². The minimum atomic E-state index is 0.682. The van der Waals surface area contributed by atoms with Crippen LogP contribution >= 0.6 is 0 Å². The molecule has 0 aliphatic rings. The van der Waals surface area contributed by atoms with Crippen molar-refractivity contribution < 1.29 is 0 Å². The van der Waals surface area contributed by atoms with E-state index in [1.54, 1.807) is 6.33 Å². The van der Waals surface area contributed by atoms with E-state index in [0.29, 0.717) is 5.65 Å². The predicted octanol–water partition coefficient (Wildman–Crippen LogP) is 0.284. The summed E-state index contributed by atoms with van der Waals surface area (Å²) >= 11 is 0. The van der Waals surface area contributed by atoms with Crippen LogP contribution in [-0.4, -0.2) is 45.6 Å². The molecule has 2 heterocycles. The number of hydrogen-bond acceptors (Lipinski definition) is 5. The quantitative estimate of drug-likeness (QED) is 0.684. The standard InChI is InChI=1S/C8H12N6/c1-14(2)5-13-8-6-7(10-3-9-6)11-4-12-8/h3-4H,5H2,1-2H3,(H2,9,10,11,12,13). The number of rotatable bonds is 3. The van der Waals surface area contributed by atoms with Crippen molar-refractivity contribution in [1.82, 2.24) is 24.8 Å². The van der Waals surface area contributed by atoms with Gasteiger partial charge in [0.05, 0.1) is 13.0 Å². The number of H-pyrrole nitrogens is 1. The molecular weight excluding hydrogens is 180 g/mol. The molecule has 0 bridgehead atoms. The van der Waals surface area contributed by atoms with Crippen molar-refractivity contribution in [3.63, 3.8) is 0 Å². The second-order valence-corrected chi connectivity index (χ2v) is 3.24. The highest BCUT2D eigenvalue weighted by molar-refractivity contribution is 5.81. The minimum Gasteiger partial charge on any atom is -0.355 e. The number of aromatic nitrogens is 4. The van der Waals surface area contributed by atoms with Gasteiger partial charge in [0.25, 0.3) is 0 Å². The van der Waals surface area contributed by atoms with Crippen LogP contribution in [-0.2, 0) is 0 Å². The monoisotopic (exact) mass is 192 g/mol. The average Bonchev–Trinajstić information content (AvgIpc) is 2.62. The summed E-state index contributed by atoms with van der Waals surface area (Å²) in [6, 6.07) is 0. The van der Waals surface area contributed by atoms with Crippen LogP contribution in [0, 0.1) is 0 Å². The summed E-state index contributed by atoms with van der Waals surface area (Å²) in [5, 5.41) is 3.18. The molecule has 0 saturated heterocycles. The Hall–Kier alpha value is -1.69. The summed E-state index contributed by atoms with van der Waals surface area (Å²) in [7, 11) is 3.97. The van der Waals surface area contributed by atoms with Gasteiger partial charge >= 0.3 is 0 Å². The van der Waals surface area contributed by atoms with Gasteiger partial charge in [0.1, 0.15) is 11.8 Å². The van der Waals surface area contributed by atoms with Gasteiger partial charge in [-0.2, -0.15) is 0 Å². The van der Waals surface area contributed by atoms with Crippen LogP contribution < -0.4 is 5.32 Å². The zero-order chi connectivity index (χ0) is 9.97. The fourth-order valence-electron chi connectivity index (χ4n) is 1.13. The van der Waals surface area contributed by atoms with Crippen molar-refractivity contribution in [3.05, 3.63) is 12.7 Å². The molecule has 0 radical (unpaired) electrons. The number of imidazole rings is 1. The van der Waals surface area contributed by atoms with E-state index in [2.05, 4.69) is 25.3 Å². The van der Waals surface area contributed by atoms with Crippen LogP contribution in [0.2, 0.25) is 0 Å². The average molecular weight is 192 g/mol. The van der Waals surface area contributed by atoms with Gasteiger partial charge in [0, 0.05) is 0 Å². The van der Waals surface area contributed by atoms with E-state index >= 15 is 0 Å². The lowest BCUT2D eigenvalue weighted by Gasteiger charge is -2.11. The Kier molecular flexibility index (Phi) is 2.28. The lowest BCUT2D eigenvalue weighted by atomic mass is 10.5. The van der Waals surface area contributed by atoms with Crippen LogP contribution in [0.5, 0.6) is 0 Å². The molecule has 0 aliphatic carbocycles. The van der Waals surface area contributed by atoms with E-state index < -0.39 is 0 Å². The molecule has 6 nitrogen and oxygen atoms in total. The third-order valence-corrected chi connectivity index (χ3v) is 1.79. The normalized spacial score (nSPS) is 11.1. The molecule has 0 atom stereocenters. The molecule has 0 saturated carbocycles. The molecule has 2 rings (SSSR count). The second kappa shape index (κ2) is 3.59. The highest BCUT2D eigenvalue weighted by Gasteiger charge is 2.04. The molecule has 0 amide bonds. The van der Waals surface area contributed by atoms with E-state index in [-0.39, 0.29) is 0 Å². The molecule has 0 aliphatic heterocycles. The smallest absolute Gasteiger partial charge is 0.182 e. The van der Waals surface area contributed by atoms with Crippen molar-refractivity contribution in [2.75, 3.05) is 26.1 Å². The van der Waals surface area contributed by atoms with Crippen molar-refractivity contribution >= 4 is 17.0 Å². The van der Waals surface area contributed by atoms with Gasteiger partial charge in [-0.3, -0.25) is 4.90 Å². The maximum atomic E-state index is 4.13. The zero-order valence-corrected chi connectivity index (χ0v) is 8.15. The van der Waals surface area contributed by atoms with E-state index in [4.69, 9.17) is 0 Å². The van der Waals surface area contributed by atoms with Crippen LogP contribution in [0.15, 0.2) is 12.7 Å². The number of anilines is 1. The highest BCUT2D eigenvalue weighted by Crippen LogP contribution is 2.13. The van der Waals surface area contributed by atoms with Crippen molar-refractivity contribution in [1.29, 1.82) is 0 Å². The second-order valence-electron chi connectivity index (χ2n) is 3.24. The SMILES string of the molecule is CN(C)CNc1ncnc2nc[nH]c12. The van der Waals surface area contributed by atoms with Gasteiger partial charge in [-0.25, -0.2) is 15.0 Å². The van der Waals surface area contributed by atoms with Gasteiger partial charge in [-0.1, -0.05) is 0 Å². The van der Waals surface area contributed by atoms with E-state index in [0.717, 1.165) is 18.0 Å². The Morgan fingerprint density at radius 2 is 2.21 bits per heavy atom. The lowest BCUT2D eigenvalue weighted by molar-refractivity contribution is 0.439. The lowest BCUT2D eigenvalue weighted by Crippen LogP contribution is -2.21. The number of aromatic amines is 1. The van der Waals surface area contributed by atoms with Crippen LogP contribution in [0.4, 0.5) is 5.82 Å². The fourth-order valence-corrected chi connectivity index (χ4v) is 1.13. The molecule has 0 spiro atoms. The topological polar surface area (TPSA) is 69.7 Å². The summed E-state index contributed by atoms with van der Waals surface area (Å²) < 4.78 is 0. The molecule has 74 valence electrons. The van der Waals surface area contributed by atoms with Gasteiger partial charge in [0.2, 0.25) is 0 Å². The highest BCUT2D eigenvalue weighted by atomic mass is 15.2. The molecule has 2 aromatic heterocycles. The van der Waals surface area contributed by atoms with E-state index in [9.17, 15) is 0 Å². The maximum absolute atomic E-state index is 4.13. The molecule has 14 heavy (non-hydrogen) atoms. The summed E-state index contributed by atoms with van der Waals surface area (Å²) in [6.07, 6.45) is 3.11. The number of hydrogen-bond donors (Lipinski definition) is 2. The summed E-state index contributed by atoms with van der Waals surface area (Å²) in [5.74, 6) is 0.779. The summed E-state index contributed by atoms with van der Waals surface area (Å²) in [5.41, 5.74) is 1.52. The van der Waals surface area contributed by atoms with Gasteiger partial charge < -0.3 is 10.3 Å². The number of nitrogens with zero attached hydrogens (tertiary/aromatic N) is 4. The first-order valence-electron chi connectivity index (χ1n) is 4.30. The molecule has 0 fully saturated rings. The largest absolute Gasteiger partial charge is 0.355 e. The molecule has 2 aromatic rings. The summed E-state index contributed by atoms with van der Waals surface area (Å²) in [4.78, 5) is 17.2. The molecule has 0 aromatic carbocycles.